The van der Waals surface area contributed by atoms with Crippen LogP contribution in [0.1, 0.15) is 12.5 Å². The Balaban J connectivity index is 1.68. The van der Waals surface area contributed by atoms with Gasteiger partial charge in [-0.25, -0.2) is 4.79 Å². The second-order valence-corrected chi connectivity index (χ2v) is 6.69. The van der Waals surface area contributed by atoms with Crippen molar-refractivity contribution in [1.29, 1.82) is 0 Å². The number of nitrogens with zero attached hydrogens (tertiary/aromatic N) is 1. The molecule has 0 bridgehead atoms. The smallest absolute Gasteiger partial charge is 0.321 e. The van der Waals surface area contributed by atoms with Gasteiger partial charge in [-0.15, -0.1) is 0 Å². The zero-order valence-corrected chi connectivity index (χ0v) is 15.5. The molecule has 2 aromatic carbocycles. The summed E-state index contributed by atoms with van der Waals surface area (Å²) in [4.78, 5) is 25.7. The van der Waals surface area contributed by atoms with E-state index in [2.05, 4.69) is 26.6 Å². The number of rotatable bonds is 3. The number of carbonyl (C=O) groups excluding carboxylic acids is 2. The summed E-state index contributed by atoms with van der Waals surface area (Å²) in [5.41, 5.74) is 2.15. The highest BCUT2D eigenvalue weighted by atomic mass is 79.9. The standard InChI is InChI=1S/C18H18BrN3O3/c1-11-17(23)21-15-9-13(7-8-16(15)25-11)20-18(24)22(2)10-12-5-3-4-6-14(12)19/h3-9,11H,10H2,1-2H3,(H,20,24)(H,21,23)/t11-/m0/s1. The second kappa shape index (κ2) is 7.14. The normalized spacial score (nSPS) is 15.6. The molecule has 0 fully saturated rings. The van der Waals surface area contributed by atoms with Crippen molar-refractivity contribution in [3.8, 4) is 5.75 Å². The number of hydrogen-bond donors (Lipinski definition) is 2. The first kappa shape index (κ1) is 17.3. The van der Waals surface area contributed by atoms with E-state index in [9.17, 15) is 9.59 Å². The molecule has 25 heavy (non-hydrogen) atoms. The first-order chi connectivity index (χ1) is 11.9. The molecule has 0 spiro atoms. The molecule has 0 aromatic heterocycles. The fourth-order valence-corrected chi connectivity index (χ4v) is 2.87. The number of urea groups is 1. The van der Waals surface area contributed by atoms with Crippen molar-refractivity contribution in [2.75, 3.05) is 17.7 Å². The number of halogens is 1. The van der Waals surface area contributed by atoms with Gasteiger partial charge in [-0.05, 0) is 36.8 Å². The van der Waals surface area contributed by atoms with Crippen molar-refractivity contribution in [1.82, 2.24) is 4.90 Å². The first-order valence-electron chi connectivity index (χ1n) is 7.81. The van der Waals surface area contributed by atoms with Crippen LogP contribution < -0.4 is 15.4 Å². The van der Waals surface area contributed by atoms with Crippen LogP contribution in [-0.4, -0.2) is 30.0 Å². The summed E-state index contributed by atoms with van der Waals surface area (Å²) >= 11 is 3.48. The first-order valence-corrected chi connectivity index (χ1v) is 8.60. The zero-order valence-electron chi connectivity index (χ0n) is 13.9. The van der Waals surface area contributed by atoms with Crippen LogP contribution in [0, 0.1) is 0 Å². The molecule has 2 aromatic rings. The number of anilines is 2. The Hall–Kier alpha value is -2.54. The minimum atomic E-state index is -0.525. The molecule has 1 heterocycles. The molecule has 0 radical (unpaired) electrons. The molecule has 1 aliphatic heterocycles. The predicted octanol–water partition coefficient (Wildman–Crippen LogP) is 3.83. The Morgan fingerprint density at radius 2 is 2.08 bits per heavy atom. The summed E-state index contributed by atoms with van der Waals surface area (Å²) in [7, 11) is 1.72. The highest BCUT2D eigenvalue weighted by Crippen LogP contribution is 2.32. The van der Waals surface area contributed by atoms with Crippen LogP contribution in [0.15, 0.2) is 46.9 Å². The number of carbonyl (C=O) groups is 2. The summed E-state index contributed by atoms with van der Waals surface area (Å²) in [6.45, 7) is 2.15. The number of ether oxygens (including phenoxy) is 1. The van der Waals surface area contributed by atoms with Crippen LogP contribution in [0.3, 0.4) is 0 Å². The molecule has 1 atom stereocenters. The van der Waals surface area contributed by atoms with Crippen LogP contribution >= 0.6 is 15.9 Å². The van der Waals surface area contributed by atoms with Crippen molar-refractivity contribution in [3.05, 3.63) is 52.5 Å². The van der Waals surface area contributed by atoms with Crippen LogP contribution in [0.25, 0.3) is 0 Å². The van der Waals surface area contributed by atoms with Crippen LogP contribution in [0.2, 0.25) is 0 Å². The lowest BCUT2D eigenvalue weighted by atomic mass is 10.2. The van der Waals surface area contributed by atoms with E-state index in [0.29, 0.717) is 23.7 Å². The Kier molecular flexibility index (Phi) is 4.94. The van der Waals surface area contributed by atoms with Gasteiger partial charge in [0.15, 0.2) is 6.10 Å². The Morgan fingerprint density at radius 3 is 2.84 bits per heavy atom. The second-order valence-electron chi connectivity index (χ2n) is 5.84. The van der Waals surface area contributed by atoms with E-state index in [1.54, 1.807) is 37.1 Å². The van der Waals surface area contributed by atoms with E-state index in [1.807, 2.05) is 24.3 Å². The zero-order chi connectivity index (χ0) is 18.0. The minimum Gasteiger partial charge on any atom is -0.479 e. The lowest BCUT2D eigenvalue weighted by Gasteiger charge is -2.24. The van der Waals surface area contributed by atoms with E-state index in [1.165, 1.54) is 0 Å². The molecule has 3 amide bonds. The van der Waals surface area contributed by atoms with E-state index in [-0.39, 0.29) is 11.9 Å². The van der Waals surface area contributed by atoms with Gasteiger partial charge in [0.25, 0.3) is 5.91 Å². The van der Waals surface area contributed by atoms with E-state index < -0.39 is 6.10 Å². The highest BCUT2D eigenvalue weighted by Gasteiger charge is 2.23. The third-order valence-electron chi connectivity index (χ3n) is 3.87. The number of amides is 3. The van der Waals surface area contributed by atoms with Gasteiger partial charge < -0.3 is 20.3 Å². The molecule has 0 unspecified atom stereocenters. The van der Waals surface area contributed by atoms with Gasteiger partial charge in [0.2, 0.25) is 0 Å². The molecule has 3 rings (SSSR count). The van der Waals surface area contributed by atoms with Gasteiger partial charge in [0.05, 0.1) is 5.69 Å². The van der Waals surface area contributed by atoms with Crippen molar-refractivity contribution < 1.29 is 14.3 Å². The summed E-state index contributed by atoms with van der Waals surface area (Å²) in [6.07, 6.45) is -0.525. The van der Waals surface area contributed by atoms with Crippen LogP contribution in [0.4, 0.5) is 16.2 Å². The van der Waals surface area contributed by atoms with Crippen molar-refractivity contribution in [2.45, 2.75) is 19.6 Å². The summed E-state index contributed by atoms with van der Waals surface area (Å²) < 4.78 is 6.46. The van der Waals surface area contributed by atoms with Gasteiger partial charge in [-0.3, -0.25) is 4.79 Å². The third kappa shape index (κ3) is 3.93. The van der Waals surface area contributed by atoms with Crippen molar-refractivity contribution in [2.24, 2.45) is 0 Å². The fraction of sp³-hybridized carbons (Fsp3) is 0.222. The Bertz CT molecular complexity index is 825. The number of benzene rings is 2. The van der Waals surface area contributed by atoms with Crippen LogP contribution in [-0.2, 0) is 11.3 Å². The van der Waals surface area contributed by atoms with Gasteiger partial charge in [0, 0.05) is 23.8 Å². The highest BCUT2D eigenvalue weighted by molar-refractivity contribution is 9.10. The van der Waals surface area contributed by atoms with Crippen molar-refractivity contribution >= 4 is 39.2 Å². The molecule has 130 valence electrons. The van der Waals surface area contributed by atoms with E-state index in [0.717, 1.165) is 10.0 Å². The van der Waals surface area contributed by atoms with Gasteiger partial charge in [0.1, 0.15) is 5.75 Å². The Morgan fingerprint density at radius 1 is 1.32 bits per heavy atom. The SMILES string of the molecule is C[C@@H]1Oc2ccc(NC(=O)N(C)Cc3ccccc3Br)cc2NC1=O. The lowest BCUT2D eigenvalue weighted by molar-refractivity contribution is -0.122. The molecule has 0 saturated carbocycles. The molecule has 0 aliphatic carbocycles. The summed E-state index contributed by atoms with van der Waals surface area (Å²) in [5, 5.41) is 5.59. The number of fused-ring (bicyclic) bond motifs is 1. The number of nitrogens with one attached hydrogen (secondary N) is 2. The number of hydrogen-bond acceptors (Lipinski definition) is 3. The monoisotopic (exact) mass is 403 g/mol. The lowest BCUT2D eigenvalue weighted by Crippen LogP contribution is -2.34. The average molecular weight is 404 g/mol. The average Bonchev–Trinajstić information content (AvgIpc) is 2.58. The minimum absolute atomic E-state index is 0.206. The topological polar surface area (TPSA) is 70.7 Å². The quantitative estimate of drug-likeness (QED) is 0.817. The van der Waals surface area contributed by atoms with Gasteiger partial charge >= 0.3 is 6.03 Å². The summed E-state index contributed by atoms with van der Waals surface area (Å²) in [5.74, 6) is 0.383. The third-order valence-corrected chi connectivity index (χ3v) is 4.65. The molecule has 2 N–H and O–H groups in total. The molecule has 7 heteroatoms. The molecule has 0 saturated heterocycles. The summed E-state index contributed by atoms with van der Waals surface area (Å²) in [6, 6.07) is 12.7. The largest absolute Gasteiger partial charge is 0.479 e. The van der Waals surface area contributed by atoms with E-state index >= 15 is 0 Å². The maximum Gasteiger partial charge on any atom is 0.321 e. The molecule has 1 aliphatic rings. The van der Waals surface area contributed by atoms with Gasteiger partial charge in [-0.2, -0.15) is 0 Å². The van der Waals surface area contributed by atoms with Crippen molar-refractivity contribution in [3.63, 3.8) is 0 Å². The maximum absolute atomic E-state index is 12.4. The van der Waals surface area contributed by atoms with E-state index in [4.69, 9.17) is 4.74 Å². The predicted molar refractivity (Wildman–Crippen MR) is 99.8 cm³/mol. The van der Waals surface area contributed by atoms with Gasteiger partial charge in [-0.1, -0.05) is 34.1 Å². The molecule has 6 nitrogen and oxygen atoms in total. The van der Waals surface area contributed by atoms with Crippen LogP contribution in [0.5, 0.6) is 5.75 Å². The Labute approximate surface area is 154 Å². The maximum atomic E-state index is 12.4. The molecular weight excluding hydrogens is 386 g/mol. The molecular formula is C18H18BrN3O3. The fourth-order valence-electron chi connectivity index (χ4n) is 2.46.